The highest BCUT2D eigenvalue weighted by Crippen LogP contribution is 2.24. The predicted molar refractivity (Wildman–Crippen MR) is 129 cm³/mol. The van der Waals surface area contributed by atoms with Crippen molar-refractivity contribution < 1.29 is 23.9 Å². The van der Waals surface area contributed by atoms with Crippen molar-refractivity contribution >= 4 is 46.6 Å². The second kappa shape index (κ2) is 10.5. The third-order valence-electron chi connectivity index (χ3n) is 4.82. The number of nitrogens with one attached hydrogen (secondary N) is 1. The first-order valence-corrected chi connectivity index (χ1v) is 11.1. The molecule has 0 bridgehead atoms. The van der Waals surface area contributed by atoms with E-state index < -0.39 is 17.8 Å². The summed E-state index contributed by atoms with van der Waals surface area (Å²) in [6.07, 6.45) is 1.65. The van der Waals surface area contributed by atoms with E-state index in [1.165, 1.54) is 48.4 Å². The number of hydrogen-bond donors (Lipinski definition) is 1. The molecule has 2 aromatic heterocycles. The number of ether oxygens (including phenoxy) is 2. The van der Waals surface area contributed by atoms with Crippen LogP contribution in [0.25, 0.3) is 23.2 Å². The first-order valence-electron chi connectivity index (χ1n) is 10.2. The van der Waals surface area contributed by atoms with Crippen LogP contribution in [0.5, 0.6) is 0 Å². The van der Waals surface area contributed by atoms with Crippen LogP contribution in [0, 0.1) is 0 Å². The molecule has 2 aromatic carbocycles. The van der Waals surface area contributed by atoms with E-state index in [-0.39, 0.29) is 22.5 Å². The summed E-state index contributed by atoms with van der Waals surface area (Å²) in [4.78, 5) is 38.5. The largest absolute Gasteiger partial charge is 0.465 e. The first kappa shape index (κ1) is 23.5. The summed E-state index contributed by atoms with van der Waals surface area (Å²) in [5.74, 6) is -1.55. The summed E-state index contributed by atoms with van der Waals surface area (Å²) in [7, 11) is 2.44. The van der Waals surface area contributed by atoms with Crippen LogP contribution < -0.4 is 5.32 Å². The maximum Gasteiger partial charge on any atom is 0.337 e. The van der Waals surface area contributed by atoms with Crippen molar-refractivity contribution in [1.29, 1.82) is 0 Å². The van der Waals surface area contributed by atoms with Crippen molar-refractivity contribution in [1.82, 2.24) is 20.2 Å². The van der Waals surface area contributed by atoms with Gasteiger partial charge in [0.25, 0.3) is 5.91 Å². The molecule has 0 saturated carbocycles. The van der Waals surface area contributed by atoms with Gasteiger partial charge in [-0.05, 0) is 46.1 Å². The van der Waals surface area contributed by atoms with E-state index in [9.17, 15) is 14.4 Å². The predicted octanol–water partition coefficient (Wildman–Crippen LogP) is 3.61. The Balaban J connectivity index is 1.76. The van der Waals surface area contributed by atoms with Crippen molar-refractivity contribution in [3.05, 3.63) is 82.0 Å². The quantitative estimate of drug-likeness (QED) is 0.308. The molecule has 176 valence electrons. The summed E-state index contributed by atoms with van der Waals surface area (Å²) in [6.45, 7) is 0. The number of amides is 1. The second-order valence-electron chi connectivity index (χ2n) is 7.06. The molecule has 0 spiro atoms. The zero-order chi connectivity index (χ0) is 24.8. The Kier molecular flexibility index (Phi) is 7.07. The fourth-order valence-electron chi connectivity index (χ4n) is 3.21. The van der Waals surface area contributed by atoms with Crippen LogP contribution in [0.3, 0.4) is 0 Å². The lowest BCUT2D eigenvalue weighted by Crippen LogP contribution is -2.20. The second-order valence-corrected chi connectivity index (χ2v) is 8.04. The highest BCUT2D eigenvalue weighted by molar-refractivity contribution is 7.10. The topological polar surface area (TPSA) is 125 Å². The highest BCUT2D eigenvalue weighted by atomic mass is 32.1. The molecule has 1 N–H and O–H groups in total. The molecule has 4 rings (SSSR count). The molecule has 0 unspecified atom stereocenters. The Morgan fingerprint density at radius 2 is 1.63 bits per heavy atom. The number of anilines is 1. The van der Waals surface area contributed by atoms with Gasteiger partial charge in [-0.1, -0.05) is 36.4 Å². The zero-order valence-corrected chi connectivity index (χ0v) is 19.5. The highest BCUT2D eigenvalue weighted by Gasteiger charge is 2.21. The van der Waals surface area contributed by atoms with Crippen molar-refractivity contribution in [2.24, 2.45) is 0 Å². The minimum Gasteiger partial charge on any atom is -0.465 e. The van der Waals surface area contributed by atoms with Crippen LogP contribution in [0.4, 0.5) is 5.69 Å². The Labute approximate surface area is 203 Å². The number of carbonyl (C=O) groups excluding carboxylic acids is 3. The third-order valence-corrected chi connectivity index (χ3v) is 5.64. The molecular formula is C24H19N5O5S. The lowest BCUT2D eigenvalue weighted by molar-refractivity contribution is -0.111. The number of tetrazole rings is 1. The zero-order valence-electron chi connectivity index (χ0n) is 18.7. The monoisotopic (exact) mass is 489 g/mol. The number of benzene rings is 2. The van der Waals surface area contributed by atoms with Gasteiger partial charge in [0.2, 0.25) is 0 Å². The number of methoxy groups -OCH3 is 2. The third kappa shape index (κ3) is 5.31. The Morgan fingerprint density at radius 3 is 2.23 bits per heavy atom. The fourth-order valence-corrected chi connectivity index (χ4v) is 3.86. The van der Waals surface area contributed by atoms with E-state index in [1.54, 1.807) is 6.08 Å². The number of esters is 2. The number of carbonyl (C=O) groups is 3. The van der Waals surface area contributed by atoms with E-state index in [0.717, 1.165) is 4.88 Å². The molecular weight excluding hydrogens is 470 g/mol. The summed E-state index contributed by atoms with van der Waals surface area (Å²) >= 11 is 1.43. The smallest absolute Gasteiger partial charge is 0.337 e. The number of hydrogen-bond acceptors (Lipinski definition) is 9. The fraction of sp³-hybridized carbons (Fsp3) is 0.0833. The SMILES string of the molecule is COC(=O)c1cc(NC(=O)/C(=C/c2cccs2)n2nnnc2-c2ccccc2)cc(C(=O)OC)c1. The molecule has 0 radical (unpaired) electrons. The summed E-state index contributed by atoms with van der Waals surface area (Å²) in [5.41, 5.74) is 1.16. The van der Waals surface area contributed by atoms with E-state index in [1.807, 2.05) is 47.8 Å². The number of thiophene rings is 1. The molecule has 11 heteroatoms. The molecule has 0 atom stereocenters. The van der Waals surface area contributed by atoms with Gasteiger partial charge in [-0.25, -0.2) is 9.59 Å². The molecule has 1 amide bonds. The standard InChI is InChI=1S/C24H19N5O5S/c1-33-23(31)16-11-17(24(32)34-2)13-18(12-16)25-22(30)20(14-19-9-6-10-35-19)29-21(26-27-28-29)15-7-4-3-5-8-15/h3-14H,1-2H3,(H,25,30)/b20-14-. The lowest BCUT2D eigenvalue weighted by Gasteiger charge is -2.12. The van der Waals surface area contributed by atoms with Gasteiger partial charge >= 0.3 is 11.9 Å². The summed E-state index contributed by atoms with van der Waals surface area (Å²) < 4.78 is 10.9. The molecule has 0 aliphatic heterocycles. The molecule has 4 aromatic rings. The number of nitrogens with zero attached hydrogens (tertiary/aromatic N) is 4. The van der Waals surface area contributed by atoms with Crippen molar-refractivity contribution in [3.63, 3.8) is 0 Å². The Hall–Kier alpha value is -4.64. The van der Waals surface area contributed by atoms with E-state index >= 15 is 0 Å². The maximum atomic E-state index is 13.5. The van der Waals surface area contributed by atoms with Gasteiger partial charge in [0.15, 0.2) is 5.82 Å². The van der Waals surface area contributed by atoms with Crippen molar-refractivity contribution in [3.8, 4) is 11.4 Å². The van der Waals surface area contributed by atoms with Crippen molar-refractivity contribution in [2.75, 3.05) is 19.5 Å². The molecule has 0 fully saturated rings. The minimum absolute atomic E-state index is 0.0712. The molecule has 10 nitrogen and oxygen atoms in total. The normalized spacial score (nSPS) is 11.1. The average Bonchev–Trinajstić information content (AvgIpc) is 3.58. The Morgan fingerprint density at radius 1 is 0.943 bits per heavy atom. The number of aromatic nitrogens is 4. The van der Waals surface area contributed by atoms with Crippen LogP contribution >= 0.6 is 11.3 Å². The van der Waals surface area contributed by atoms with Crippen LogP contribution in [-0.4, -0.2) is 52.3 Å². The van der Waals surface area contributed by atoms with E-state index in [2.05, 4.69) is 20.8 Å². The molecule has 0 aliphatic carbocycles. The molecule has 2 heterocycles. The van der Waals surface area contributed by atoms with Gasteiger partial charge in [-0.3, -0.25) is 4.79 Å². The molecule has 0 aliphatic rings. The summed E-state index contributed by atoms with van der Waals surface area (Å²) in [6, 6.07) is 17.0. The maximum absolute atomic E-state index is 13.5. The van der Waals surface area contributed by atoms with Crippen LogP contribution in [0.15, 0.2) is 66.0 Å². The van der Waals surface area contributed by atoms with E-state index in [4.69, 9.17) is 9.47 Å². The van der Waals surface area contributed by atoms with Gasteiger partial charge in [-0.15, -0.1) is 16.4 Å². The average molecular weight is 490 g/mol. The summed E-state index contributed by atoms with van der Waals surface area (Å²) in [5, 5.41) is 16.5. The van der Waals surface area contributed by atoms with Crippen LogP contribution in [-0.2, 0) is 14.3 Å². The molecule has 35 heavy (non-hydrogen) atoms. The van der Waals surface area contributed by atoms with Gasteiger partial charge in [0.1, 0.15) is 5.70 Å². The van der Waals surface area contributed by atoms with Crippen molar-refractivity contribution in [2.45, 2.75) is 0 Å². The lowest BCUT2D eigenvalue weighted by atomic mass is 10.1. The number of rotatable bonds is 7. The van der Waals surface area contributed by atoms with Crippen LogP contribution in [0.1, 0.15) is 25.6 Å². The van der Waals surface area contributed by atoms with E-state index in [0.29, 0.717) is 11.4 Å². The molecule has 0 saturated heterocycles. The van der Waals surface area contributed by atoms with Crippen LogP contribution in [0.2, 0.25) is 0 Å². The van der Waals surface area contributed by atoms with Gasteiger partial charge in [-0.2, -0.15) is 4.68 Å². The minimum atomic E-state index is -0.674. The van der Waals surface area contributed by atoms with Gasteiger partial charge < -0.3 is 14.8 Å². The Bertz CT molecular complexity index is 1360. The first-order chi connectivity index (χ1) is 17.0. The van der Waals surface area contributed by atoms with Gasteiger partial charge in [0.05, 0.1) is 25.3 Å². The van der Waals surface area contributed by atoms with Gasteiger partial charge in [0, 0.05) is 16.1 Å².